The van der Waals surface area contributed by atoms with E-state index in [1.165, 1.54) is 29.2 Å². The summed E-state index contributed by atoms with van der Waals surface area (Å²) in [6.07, 6.45) is 5.75. The molecule has 3 aliphatic carbocycles. The Hall–Kier alpha value is -1.90. The van der Waals surface area contributed by atoms with Crippen LogP contribution in [0.1, 0.15) is 57.1 Å². The third-order valence-electron chi connectivity index (χ3n) is 6.10. The van der Waals surface area contributed by atoms with E-state index in [0.717, 1.165) is 38.5 Å². The average Bonchev–Trinajstić information content (AvgIpc) is 2.82. The number of esters is 1. The molecule has 1 saturated carbocycles. The fourth-order valence-corrected chi connectivity index (χ4v) is 4.90. The summed E-state index contributed by atoms with van der Waals surface area (Å²) in [5.41, 5.74) is 5.45. The second kappa shape index (κ2) is 5.05. The van der Waals surface area contributed by atoms with Crippen LogP contribution in [-0.2, 0) is 16.0 Å². The molecule has 3 aliphatic rings. The molecule has 0 amide bonds. The summed E-state index contributed by atoms with van der Waals surface area (Å²) in [5.74, 6) is 1.26. The van der Waals surface area contributed by atoms with Crippen molar-refractivity contribution in [2.45, 2.75) is 52.4 Å². The molecular weight excluding hydrogens is 288 g/mol. The minimum atomic E-state index is -0.279. The molecule has 0 unspecified atom stereocenters. The highest BCUT2D eigenvalue weighted by atomic mass is 16.5. The summed E-state index contributed by atoms with van der Waals surface area (Å²) in [6.45, 7) is 3.61. The van der Waals surface area contributed by atoms with Gasteiger partial charge in [0.05, 0.1) is 0 Å². The van der Waals surface area contributed by atoms with Gasteiger partial charge in [-0.25, -0.2) is 0 Å². The van der Waals surface area contributed by atoms with Gasteiger partial charge in [-0.05, 0) is 66.9 Å². The highest BCUT2D eigenvalue weighted by Gasteiger charge is 2.50. The van der Waals surface area contributed by atoms with E-state index in [1.807, 2.05) is 12.1 Å². The number of hydrogen-bond acceptors (Lipinski definition) is 3. The van der Waals surface area contributed by atoms with Crippen molar-refractivity contribution in [2.75, 3.05) is 0 Å². The smallest absolute Gasteiger partial charge is 0.308 e. The first-order valence-corrected chi connectivity index (χ1v) is 8.56. The molecule has 23 heavy (non-hydrogen) atoms. The second-order valence-corrected chi connectivity index (χ2v) is 7.35. The first-order valence-electron chi connectivity index (χ1n) is 8.56. The Morgan fingerprint density at radius 1 is 1.22 bits per heavy atom. The van der Waals surface area contributed by atoms with Crippen LogP contribution in [0.25, 0.3) is 5.57 Å². The number of Topliss-reactive ketones (excluding diaryl/α,β-unsaturated/α-hetero) is 1. The number of fused-ring (bicyclic) bond motifs is 4. The van der Waals surface area contributed by atoms with Crippen LogP contribution in [-0.4, -0.2) is 11.8 Å². The lowest BCUT2D eigenvalue weighted by molar-refractivity contribution is -0.132. The van der Waals surface area contributed by atoms with Crippen molar-refractivity contribution in [3.05, 3.63) is 34.9 Å². The van der Waals surface area contributed by atoms with Crippen LogP contribution in [0.4, 0.5) is 0 Å². The fraction of sp³-hybridized carbons (Fsp3) is 0.500. The first-order chi connectivity index (χ1) is 11.0. The van der Waals surface area contributed by atoms with E-state index in [4.69, 9.17) is 4.74 Å². The van der Waals surface area contributed by atoms with Crippen LogP contribution in [0.3, 0.4) is 0 Å². The second-order valence-electron chi connectivity index (χ2n) is 7.35. The number of benzene rings is 1. The third kappa shape index (κ3) is 2.17. The highest BCUT2D eigenvalue weighted by Crippen LogP contribution is 2.56. The highest BCUT2D eigenvalue weighted by molar-refractivity contribution is 5.90. The van der Waals surface area contributed by atoms with E-state index in [2.05, 4.69) is 13.0 Å². The molecule has 0 aliphatic heterocycles. The Balaban J connectivity index is 1.74. The van der Waals surface area contributed by atoms with Crippen LogP contribution < -0.4 is 4.74 Å². The van der Waals surface area contributed by atoms with Crippen molar-refractivity contribution in [2.24, 2.45) is 11.3 Å². The number of ether oxygens (including phenoxy) is 1. The van der Waals surface area contributed by atoms with Crippen LogP contribution in [0.5, 0.6) is 5.75 Å². The van der Waals surface area contributed by atoms with Gasteiger partial charge in [0.25, 0.3) is 0 Å². The van der Waals surface area contributed by atoms with Gasteiger partial charge in [0.2, 0.25) is 0 Å². The minimum absolute atomic E-state index is 0.117. The van der Waals surface area contributed by atoms with E-state index >= 15 is 0 Å². The quantitative estimate of drug-likeness (QED) is 0.579. The molecule has 0 radical (unpaired) electrons. The van der Waals surface area contributed by atoms with E-state index in [1.54, 1.807) is 0 Å². The van der Waals surface area contributed by atoms with Gasteiger partial charge in [-0.1, -0.05) is 18.6 Å². The van der Waals surface area contributed by atoms with Gasteiger partial charge in [-0.3, -0.25) is 9.59 Å². The molecule has 0 saturated heterocycles. The van der Waals surface area contributed by atoms with E-state index in [9.17, 15) is 9.59 Å². The van der Waals surface area contributed by atoms with Crippen molar-refractivity contribution >= 4 is 17.3 Å². The zero-order valence-electron chi connectivity index (χ0n) is 13.8. The Kier molecular flexibility index (Phi) is 3.22. The van der Waals surface area contributed by atoms with Crippen LogP contribution >= 0.6 is 0 Å². The lowest BCUT2D eigenvalue weighted by atomic mass is 9.63. The Bertz CT molecular complexity index is 743. The molecule has 0 spiro atoms. The largest absolute Gasteiger partial charge is 0.427 e. The number of carbonyl (C=O) groups excluding carboxylic acids is 2. The zero-order valence-corrected chi connectivity index (χ0v) is 13.8. The van der Waals surface area contributed by atoms with Crippen molar-refractivity contribution < 1.29 is 14.3 Å². The van der Waals surface area contributed by atoms with Crippen molar-refractivity contribution in [1.82, 2.24) is 0 Å². The molecule has 0 aromatic heterocycles. The molecular formula is C20H22O3. The van der Waals surface area contributed by atoms with Crippen molar-refractivity contribution in [3.8, 4) is 5.75 Å². The van der Waals surface area contributed by atoms with Gasteiger partial charge in [0.1, 0.15) is 11.5 Å². The van der Waals surface area contributed by atoms with Crippen LogP contribution in [0, 0.1) is 11.3 Å². The molecule has 0 N–H and O–H groups in total. The van der Waals surface area contributed by atoms with Crippen molar-refractivity contribution in [3.63, 3.8) is 0 Å². The zero-order chi connectivity index (χ0) is 16.2. The van der Waals surface area contributed by atoms with Gasteiger partial charge in [0, 0.05) is 18.8 Å². The minimum Gasteiger partial charge on any atom is -0.427 e. The number of rotatable bonds is 1. The number of allylic oxidation sites excluding steroid dienone is 2. The Morgan fingerprint density at radius 2 is 2.04 bits per heavy atom. The number of aryl methyl sites for hydroxylation is 1. The average molecular weight is 310 g/mol. The topological polar surface area (TPSA) is 43.4 Å². The maximum atomic E-state index is 12.3. The first kappa shape index (κ1) is 14.7. The van der Waals surface area contributed by atoms with E-state index in [-0.39, 0.29) is 11.4 Å². The summed E-state index contributed by atoms with van der Waals surface area (Å²) < 4.78 is 5.22. The van der Waals surface area contributed by atoms with Gasteiger partial charge >= 0.3 is 5.97 Å². The summed E-state index contributed by atoms with van der Waals surface area (Å²) in [5, 5.41) is 0. The summed E-state index contributed by atoms with van der Waals surface area (Å²) in [7, 11) is 0. The third-order valence-corrected chi connectivity index (χ3v) is 6.10. The summed E-state index contributed by atoms with van der Waals surface area (Å²) >= 11 is 0. The molecule has 1 aromatic rings. The summed E-state index contributed by atoms with van der Waals surface area (Å²) in [6, 6.07) is 6.00. The lowest BCUT2D eigenvalue weighted by Crippen LogP contribution is -2.34. The van der Waals surface area contributed by atoms with E-state index < -0.39 is 0 Å². The molecule has 1 aromatic carbocycles. The molecule has 1 fully saturated rings. The van der Waals surface area contributed by atoms with Gasteiger partial charge in [-0.15, -0.1) is 0 Å². The van der Waals surface area contributed by atoms with Crippen molar-refractivity contribution in [1.29, 1.82) is 0 Å². The molecule has 3 nitrogen and oxygen atoms in total. The standard InChI is InChI=1S/C20H22O3/c1-12(21)23-14-4-6-15-13(11-14)3-5-17-16(15)9-10-20(2)18(17)7-8-19(20)22/h4,6,11,18H,3,5,7-10H2,1-2H3/t18-,20-/m0/s1. The Labute approximate surface area is 136 Å². The van der Waals surface area contributed by atoms with Crippen LogP contribution in [0.2, 0.25) is 0 Å². The number of carbonyl (C=O) groups is 2. The molecule has 4 rings (SSSR count). The molecule has 120 valence electrons. The Morgan fingerprint density at radius 3 is 2.83 bits per heavy atom. The fourth-order valence-electron chi connectivity index (χ4n) is 4.90. The molecule has 2 atom stereocenters. The normalized spacial score (nSPS) is 29.0. The SMILES string of the molecule is CC(=O)Oc1ccc2c(c1)CCC1=C2CC[C@]2(C)C(=O)CC[C@@H]12. The molecule has 0 heterocycles. The summed E-state index contributed by atoms with van der Waals surface area (Å²) in [4.78, 5) is 23.5. The van der Waals surface area contributed by atoms with Gasteiger partial charge in [-0.2, -0.15) is 0 Å². The lowest BCUT2D eigenvalue weighted by Gasteiger charge is -2.40. The number of ketones is 1. The van der Waals surface area contributed by atoms with E-state index in [0.29, 0.717) is 17.5 Å². The van der Waals surface area contributed by atoms with Gasteiger partial charge in [0.15, 0.2) is 0 Å². The molecule has 3 heteroatoms. The monoisotopic (exact) mass is 310 g/mol. The predicted molar refractivity (Wildman–Crippen MR) is 88.1 cm³/mol. The number of hydrogen-bond donors (Lipinski definition) is 0. The predicted octanol–water partition coefficient (Wildman–Crippen LogP) is 4.09. The van der Waals surface area contributed by atoms with Crippen LogP contribution in [0.15, 0.2) is 23.8 Å². The van der Waals surface area contributed by atoms with Gasteiger partial charge < -0.3 is 4.74 Å². The maximum Gasteiger partial charge on any atom is 0.308 e. The molecule has 0 bridgehead atoms. The maximum absolute atomic E-state index is 12.3.